The molecule has 0 aliphatic carbocycles. The van der Waals surface area contributed by atoms with Gasteiger partial charge in [-0.15, -0.1) is 0 Å². The summed E-state index contributed by atoms with van der Waals surface area (Å²) in [7, 11) is 1.57. The third-order valence-electron chi connectivity index (χ3n) is 4.52. The topological polar surface area (TPSA) is 61.4 Å². The Labute approximate surface area is 144 Å². The van der Waals surface area contributed by atoms with Gasteiger partial charge in [-0.2, -0.15) is 5.06 Å². The van der Waals surface area contributed by atoms with Gasteiger partial charge in [0.15, 0.2) is 0 Å². The lowest BCUT2D eigenvalue weighted by Crippen LogP contribution is -2.24. The third-order valence-corrected chi connectivity index (χ3v) is 4.52. The molecule has 0 atom stereocenters. The third kappa shape index (κ3) is 2.90. The van der Waals surface area contributed by atoms with E-state index in [1.54, 1.807) is 19.4 Å². The molecule has 2 N–H and O–H groups in total. The van der Waals surface area contributed by atoms with Gasteiger partial charge in [0.1, 0.15) is 17.2 Å². The van der Waals surface area contributed by atoms with E-state index >= 15 is 0 Å². The van der Waals surface area contributed by atoms with Crippen LogP contribution in [0.3, 0.4) is 0 Å². The molecule has 1 aliphatic heterocycles. The van der Waals surface area contributed by atoms with Crippen LogP contribution in [-0.2, 0) is 0 Å². The minimum Gasteiger partial charge on any atom is -0.496 e. The molecule has 1 aromatic carbocycles. The SMILES string of the molecule is COc1ccc(F)cc1-c1ccnc2[nH]c(C3=CCN(O)CC3)cc12. The normalized spacial score (nSPS) is 15.4. The number of rotatable bonds is 3. The molecule has 5 nitrogen and oxygen atoms in total. The van der Waals surface area contributed by atoms with E-state index in [9.17, 15) is 9.60 Å². The molecule has 0 spiro atoms. The van der Waals surface area contributed by atoms with Crippen LogP contribution in [0.15, 0.2) is 42.6 Å². The van der Waals surface area contributed by atoms with Crippen LogP contribution in [0.2, 0.25) is 0 Å². The molecule has 2 aromatic heterocycles. The van der Waals surface area contributed by atoms with Crippen molar-refractivity contribution in [1.82, 2.24) is 15.0 Å². The maximum atomic E-state index is 13.8. The van der Waals surface area contributed by atoms with Crippen molar-refractivity contribution in [2.24, 2.45) is 0 Å². The van der Waals surface area contributed by atoms with Crippen molar-refractivity contribution in [2.45, 2.75) is 6.42 Å². The van der Waals surface area contributed by atoms with Gasteiger partial charge >= 0.3 is 0 Å². The summed E-state index contributed by atoms with van der Waals surface area (Å²) in [6.07, 6.45) is 4.45. The second-order valence-corrected chi connectivity index (χ2v) is 6.04. The molecule has 0 amide bonds. The Morgan fingerprint density at radius 2 is 2.12 bits per heavy atom. The molecule has 0 radical (unpaired) electrons. The maximum Gasteiger partial charge on any atom is 0.138 e. The molecular weight excluding hydrogens is 321 g/mol. The fraction of sp³-hybridized carbons (Fsp3) is 0.211. The van der Waals surface area contributed by atoms with Crippen LogP contribution in [0.5, 0.6) is 5.75 Å². The number of aromatic nitrogens is 2. The number of hydrogen-bond donors (Lipinski definition) is 2. The number of hydroxylamine groups is 2. The zero-order valence-corrected chi connectivity index (χ0v) is 13.8. The fourth-order valence-electron chi connectivity index (χ4n) is 3.23. The summed E-state index contributed by atoms with van der Waals surface area (Å²) in [5.74, 6) is 0.305. The zero-order chi connectivity index (χ0) is 17.4. The van der Waals surface area contributed by atoms with Crippen molar-refractivity contribution >= 4 is 16.6 Å². The first-order valence-electron chi connectivity index (χ1n) is 8.10. The Bertz CT molecular complexity index is 964. The van der Waals surface area contributed by atoms with E-state index in [0.717, 1.165) is 34.3 Å². The summed E-state index contributed by atoms with van der Waals surface area (Å²) in [4.78, 5) is 7.73. The van der Waals surface area contributed by atoms with E-state index in [-0.39, 0.29) is 5.82 Å². The second kappa shape index (κ2) is 6.31. The molecule has 0 unspecified atom stereocenters. The van der Waals surface area contributed by atoms with Gasteiger partial charge in [0, 0.05) is 35.9 Å². The van der Waals surface area contributed by atoms with Crippen LogP contribution in [0.1, 0.15) is 12.1 Å². The number of aromatic amines is 1. The van der Waals surface area contributed by atoms with Crippen LogP contribution in [0.25, 0.3) is 27.7 Å². The molecule has 4 rings (SSSR count). The second-order valence-electron chi connectivity index (χ2n) is 6.04. The summed E-state index contributed by atoms with van der Waals surface area (Å²) >= 11 is 0. The van der Waals surface area contributed by atoms with E-state index in [1.165, 1.54) is 17.2 Å². The first kappa shape index (κ1) is 15.8. The van der Waals surface area contributed by atoms with Crippen molar-refractivity contribution in [3.63, 3.8) is 0 Å². The summed E-state index contributed by atoms with van der Waals surface area (Å²) in [6.45, 7) is 1.10. The fourth-order valence-corrected chi connectivity index (χ4v) is 3.23. The Balaban J connectivity index is 1.85. The Kier molecular flexibility index (Phi) is 3.99. The van der Waals surface area contributed by atoms with Gasteiger partial charge in [-0.25, -0.2) is 9.37 Å². The number of fused-ring (bicyclic) bond motifs is 1. The Morgan fingerprint density at radius 3 is 2.88 bits per heavy atom. The Hall–Kier alpha value is -2.70. The van der Waals surface area contributed by atoms with Crippen molar-refractivity contribution in [3.05, 3.63) is 54.1 Å². The minimum absolute atomic E-state index is 0.311. The highest BCUT2D eigenvalue weighted by molar-refractivity contribution is 5.96. The molecule has 3 heterocycles. The van der Waals surface area contributed by atoms with Gasteiger partial charge in [0.25, 0.3) is 0 Å². The van der Waals surface area contributed by atoms with Crippen molar-refractivity contribution < 1.29 is 14.3 Å². The number of pyridine rings is 1. The Morgan fingerprint density at radius 1 is 1.24 bits per heavy atom. The molecule has 6 heteroatoms. The van der Waals surface area contributed by atoms with Crippen molar-refractivity contribution in [3.8, 4) is 16.9 Å². The highest BCUT2D eigenvalue weighted by Gasteiger charge is 2.16. The van der Waals surface area contributed by atoms with Crippen LogP contribution in [0.4, 0.5) is 4.39 Å². The lowest BCUT2D eigenvalue weighted by atomic mass is 10.0. The summed E-state index contributed by atoms with van der Waals surface area (Å²) in [5, 5.41) is 11.7. The molecule has 0 fully saturated rings. The summed E-state index contributed by atoms with van der Waals surface area (Å²) < 4.78 is 19.2. The quantitative estimate of drug-likeness (QED) is 0.761. The molecule has 0 bridgehead atoms. The monoisotopic (exact) mass is 339 g/mol. The van der Waals surface area contributed by atoms with Crippen LogP contribution < -0.4 is 4.74 Å². The highest BCUT2D eigenvalue weighted by Crippen LogP contribution is 2.36. The van der Waals surface area contributed by atoms with E-state index in [4.69, 9.17) is 4.74 Å². The smallest absolute Gasteiger partial charge is 0.138 e. The number of hydrogen-bond acceptors (Lipinski definition) is 4. The minimum atomic E-state index is -0.311. The van der Waals surface area contributed by atoms with Crippen molar-refractivity contribution in [2.75, 3.05) is 20.2 Å². The van der Waals surface area contributed by atoms with Gasteiger partial charge < -0.3 is 14.9 Å². The largest absolute Gasteiger partial charge is 0.496 e. The first-order chi connectivity index (χ1) is 12.2. The summed E-state index contributed by atoms with van der Waals surface area (Å²) in [5.41, 5.74) is 4.41. The average molecular weight is 339 g/mol. The number of ether oxygens (including phenoxy) is 1. The average Bonchev–Trinajstić information content (AvgIpc) is 3.06. The van der Waals surface area contributed by atoms with Crippen LogP contribution in [0, 0.1) is 5.82 Å². The lowest BCUT2D eigenvalue weighted by Gasteiger charge is -2.19. The van der Waals surface area contributed by atoms with Gasteiger partial charge in [0.05, 0.1) is 7.11 Å². The van der Waals surface area contributed by atoms with E-state index in [0.29, 0.717) is 24.4 Å². The standard InChI is InChI=1S/C19H18FN3O2/c1-25-18-3-2-13(20)10-15(18)14-4-7-21-19-16(14)11-17(22-19)12-5-8-23(24)9-6-12/h2-5,7,10-11,24H,6,8-9H2,1H3,(H,21,22). The predicted molar refractivity (Wildman–Crippen MR) is 94.0 cm³/mol. The highest BCUT2D eigenvalue weighted by atomic mass is 19.1. The number of H-pyrrole nitrogens is 1. The molecule has 0 saturated heterocycles. The number of benzene rings is 1. The summed E-state index contributed by atoms with van der Waals surface area (Å²) in [6, 6.07) is 8.38. The lowest BCUT2D eigenvalue weighted by molar-refractivity contribution is -0.0807. The molecule has 0 saturated carbocycles. The first-order valence-corrected chi connectivity index (χ1v) is 8.10. The molecule has 128 valence electrons. The molecule has 3 aromatic rings. The number of nitrogens with one attached hydrogen (secondary N) is 1. The van der Waals surface area contributed by atoms with Gasteiger partial charge in [-0.1, -0.05) is 6.08 Å². The molecule has 1 aliphatic rings. The van der Waals surface area contributed by atoms with E-state index in [1.807, 2.05) is 18.2 Å². The molecule has 25 heavy (non-hydrogen) atoms. The van der Waals surface area contributed by atoms with Crippen LogP contribution in [-0.4, -0.2) is 40.4 Å². The van der Waals surface area contributed by atoms with E-state index < -0.39 is 0 Å². The van der Waals surface area contributed by atoms with E-state index in [2.05, 4.69) is 9.97 Å². The van der Waals surface area contributed by atoms with Crippen molar-refractivity contribution in [1.29, 1.82) is 0 Å². The van der Waals surface area contributed by atoms with Gasteiger partial charge in [0.2, 0.25) is 0 Å². The van der Waals surface area contributed by atoms with Crippen LogP contribution >= 0.6 is 0 Å². The molecular formula is C19H18FN3O2. The number of nitrogens with zero attached hydrogens (tertiary/aromatic N) is 2. The number of halogens is 1. The van der Waals surface area contributed by atoms with Gasteiger partial charge in [-0.05, 0) is 47.9 Å². The number of methoxy groups -OCH3 is 1. The predicted octanol–water partition coefficient (Wildman–Crippen LogP) is 3.86. The maximum absolute atomic E-state index is 13.8. The zero-order valence-electron chi connectivity index (χ0n) is 13.8. The van der Waals surface area contributed by atoms with Gasteiger partial charge in [-0.3, -0.25) is 0 Å².